The van der Waals surface area contributed by atoms with Crippen molar-refractivity contribution in [2.24, 2.45) is 35.1 Å². The fraction of sp³-hybridized carbons (Fsp3) is 1.00. The molecule has 4 saturated carbocycles. The van der Waals surface area contributed by atoms with Crippen LogP contribution in [0.2, 0.25) is 0 Å². The van der Waals surface area contributed by atoms with Crippen LogP contribution >= 0.6 is 0 Å². The highest BCUT2D eigenvalue weighted by Gasteiger charge is 2.41. The van der Waals surface area contributed by atoms with Crippen molar-refractivity contribution in [3.8, 4) is 0 Å². The summed E-state index contributed by atoms with van der Waals surface area (Å²) in [6, 6.07) is 0. The van der Waals surface area contributed by atoms with E-state index in [0.29, 0.717) is 13.1 Å². The molecule has 4 fully saturated rings. The molecular weight excluding hydrogens is 172 g/mol. The second kappa shape index (κ2) is 4.63. The van der Waals surface area contributed by atoms with Crippen LogP contribution in [-0.2, 0) is 0 Å². The molecule has 4 aliphatic rings. The van der Waals surface area contributed by atoms with Gasteiger partial charge in [0.25, 0.3) is 0 Å². The standard InChI is InChI=1S/C10H16.C2H8N2/c1-7-2-9-4-8(1)5-10(3-7)6-9;3-1-2-4/h7-10H,1-6H2;1-4H2. The van der Waals surface area contributed by atoms with Gasteiger partial charge < -0.3 is 11.5 Å². The minimum Gasteiger partial charge on any atom is -0.329 e. The maximum atomic E-state index is 4.90. The zero-order valence-corrected chi connectivity index (χ0v) is 9.12. The molecule has 0 atom stereocenters. The third-order valence-corrected chi connectivity index (χ3v) is 4.17. The minimum atomic E-state index is 0.597. The van der Waals surface area contributed by atoms with Crippen LogP contribution in [0.25, 0.3) is 0 Å². The summed E-state index contributed by atoms with van der Waals surface area (Å²) in [5.74, 6) is 4.71. The fourth-order valence-electron chi connectivity index (χ4n) is 3.98. The molecule has 0 saturated heterocycles. The Balaban J connectivity index is 0.000000165. The van der Waals surface area contributed by atoms with Crippen LogP contribution in [0, 0.1) is 23.7 Å². The Morgan fingerprint density at radius 3 is 0.929 bits per heavy atom. The van der Waals surface area contributed by atoms with Crippen LogP contribution in [-0.4, -0.2) is 13.1 Å². The smallest absolute Gasteiger partial charge is 0.00461 e. The molecule has 0 aliphatic heterocycles. The van der Waals surface area contributed by atoms with Crippen molar-refractivity contribution in [2.75, 3.05) is 13.1 Å². The van der Waals surface area contributed by atoms with Crippen LogP contribution in [0.5, 0.6) is 0 Å². The summed E-state index contributed by atoms with van der Waals surface area (Å²) in [6.07, 6.45) is 9.62. The zero-order chi connectivity index (χ0) is 9.97. The maximum absolute atomic E-state index is 4.90. The molecule has 4 bridgehead atoms. The third kappa shape index (κ3) is 2.29. The first-order valence-electron chi connectivity index (χ1n) is 6.22. The van der Waals surface area contributed by atoms with Crippen molar-refractivity contribution >= 4 is 0 Å². The van der Waals surface area contributed by atoms with Crippen molar-refractivity contribution in [3.63, 3.8) is 0 Å². The van der Waals surface area contributed by atoms with Gasteiger partial charge in [-0.05, 0) is 62.2 Å². The predicted molar refractivity (Wildman–Crippen MR) is 59.8 cm³/mol. The van der Waals surface area contributed by atoms with Crippen molar-refractivity contribution in [1.82, 2.24) is 0 Å². The largest absolute Gasteiger partial charge is 0.329 e. The van der Waals surface area contributed by atoms with Gasteiger partial charge in [-0.2, -0.15) is 0 Å². The summed E-state index contributed by atoms with van der Waals surface area (Å²) in [6.45, 7) is 1.19. The second-order valence-electron chi connectivity index (χ2n) is 5.46. The fourth-order valence-corrected chi connectivity index (χ4v) is 3.98. The Hall–Kier alpha value is -0.0800. The van der Waals surface area contributed by atoms with E-state index in [-0.39, 0.29) is 0 Å². The van der Waals surface area contributed by atoms with E-state index in [1.54, 1.807) is 38.5 Å². The van der Waals surface area contributed by atoms with Crippen LogP contribution in [0.4, 0.5) is 0 Å². The van der Waals surface area contributed by atoms with E-state index in [9.17, 15) is 0 Å². The van der Waals surface area contributed by atoms with Gasteiger partial charge in [0.1, 0.15) is 0 Å². The van der Waals surface area contributed by atoms with Gasteiger partial charge in [0.2, 0.25) is 0 Å². The van der Waals surface area contributed by atoms with Gasteiger partial charge in [0, 0.05) is 13.1 Å². The first kappa shape index (κ1) is 10.4. The van der Waals surface area contributed by atoms with Gasteiger partial charge in [-0.1, -0.05) is 0 Å². The van der Waals surface area contributed by atoms with E-state index in [4.69, 9.17) is 11.5 Å². The normalized spacial score (nSPS) is 43.3. The Bertz CT molecular complexity index is 121. The topological polar surface area (TPSA) is 52.0 Å². The molecule has 0 unspecified atom stereocenters. The predicted octanol–water partition coefficient (Wildman–Crippen LogP) is 1.74. The molecule has 4 aliphatic carbocycles. The Morgan fingerprint density at radius 1 is 0.571 bits per heavy atom. The summed E-state index contributed by atoms with van der Waals surface area (Å²) in [7, 11) is 0. The third-order valence-electron chi connectivity index (χ3n) is 4.17. The quantitative estimate of drug-likeness (QED) is 0.671. The zero-order valence-electron chi connectivity index (χ0n) is 9.12. The average molecular weight is 196 g/mol. The van der Waals surface area contributed by atoms with E-state index >= 15 is 0 Å². The summed E-state index contributed by atoms with van der Waals surface area (Å²) < 4.78 is 0. The Morgan fingerprint density at radius 2 is 0.786 bits per heavy atom. The molecule has 2 heteroatoms. The molecule has 4 rings (SSSR count). The van der Waals surface area contributed by atoms with Crippen molar-refractivity contribution < 1.29 is 0 Å². The van der Waals surface area contributed by atoms with Gasteiger partial charge in [-0.25, -0.2) is 0 Å². The number of nitrogens with two attached hydrogens (primary N) is 2. The lowest BCUT2D eigenvalue weighted by Gasteiger charge is -2.49. The van der Waals surface area contributed by atoms with Gasteiger partial charge in [0.15, 0.2) is 0 Å². The van der Waals surface area contributed by atoms with Gasteiger partial charge >= 0.3 is 0 Å². The molecule has 0 heterocycles. The molecule has 4 N–H and O–H groups in total. The minimum absolute atomic E-state index is 0.597. The lowest BCUT2D eigenvalue weighted by molar-refractivity contribution is 0.0198. The summed E-state index contributed by atoms with van der Waals surface area (Å²) in [5.41, 5.74) is 9.81. The molecule has 0 spiro atoms. The Kier molecular flexibility index (Phi) is 3.45. The Labute approximate surface area is 87.4 Å². The van der Waals surface area contributed by atoms with Crippen LogP contribution in [0.3, 0.4) is 0 Å². The van der Waals surface area contributed by atoms with Gasteiger partial charge in [0.05, 0.1) is 0 Å². The lowest BCUT2D eigenvalue weighted by atomic mass is 9.56. The van der Waals surface area contributed by atoms with Crippen LogP contribution < -0.4 is 11.5 Å². The van der Waals surface area contributed by atoms with E-state index in [1.807, 2.05) is 0 Å². The van der Waals surface area contributed by atoms with E-state index in [2.05, 4.69) is 0 Å². The lowest BCUT2D eigenvalue weighted by Crippen LogP contribution is -2.38. The van der Waals surface area contributed by atoms with E-state index < -0.39 is 0 Å². The summed E-state index contributed by atoms with van der Waals surface area (Å²) in [5, 5.41) is 0. The number of hydrogen-bond acceptors (Lipinski definition) is 2. The molecule has 0 aromatic heterocycles. The monoisotopic (exact) mass is 196 g/mol. The molecule has 0 radical (unpaired) electrons. The SMILES string of the molecule is C1C2CC3CC1CC(C2)C3.NCCN. The van der Waals surface area contributed by atoms with Crippen LogP contribution in [0.1, 0.15) is 38.5 Å². The van der Waals surface area contributed by atoms with Gasteiger partial charge in [-0.3, -0.25) is 0 Å². The molecular formula is C12H24N2. The molecule has 82 valence electrons. The number of hydrogen-bond donors (Lipinski definition) is 2. The average Bonchev–Trinajstić information content (AvgIpc) is 2.16. The van der Waals surface area contributed by atoms with E-state index in [1.165, 1.54) is 23.7 Å². The summed E-state index contributed by atoms with van der Waals surface area (Å²) in [4.78, 5) is 0. The molecule has 0 aromatic rings. The van der Waals surface area contributed by atoms with Crippen molar-refractivity contribution in [3.05, 3.63) is 0 Å². The molecule has 14 heavy (non-hydrogen) atoms. The number of rotatable bonds is 1. The van der Waals surface area contributed by atoms with E-state index in [0.717, 1.165) is 0 Å². The van der Waals surface area contributed by atoms with Crippen LogP contribution in [0.15, 0.2) is 0 Å². The molecule has 0 aromatic carbocycles. The maximum Gasteiger partial charge on any atom is 0.00461 e. The molecule has 0 amide bonds. The molecule has 2 nitrogen and oxygen atoms in total. The highest BCUT2D eigenvalue weighted by Crippen LogP contribution is 2.53. The summed E-state index contributed by atoms with van der Waals surface area (Å²) >= 11 is 0. The second-order valence-corrected chi connectivity index (χ2v) is 5.46. The van der Waals surface area contributed by atoms with Crippen molar-refractivity contribution in [2.45, 2.75) is 38.5 Å². The van der Waals surface area contributed by atoms with Gasteiger partial charge in [-0.15, -0.1) is 0 Å². The first-order valence-corrected chi connectivity index (χ1v) is 6.22. The van der Waals surface area contributed by atoms with Crippen molar-refractivity contribution in [1.29, 1.82) is 0 Å². The highest BCUT2D eigenvalue weighted by atomic mass is 14.6. The first-order chi connectivity index (χ1) is 6.81. The highest BCUT2D eigenvalue weighted by molar-refractivity contribution is 4.92.